The molecular formula is C23H19NO2. The van der Waals surface area contributed by atoms with E-state index in [-0.39, 0.29) is 5.63 Å². The van der Waals surface area contributed by atoms with Gasteiger partial charge in [0, 0.05) is 29.4 Å². The van der Waals surface area contributed by atoms with E-state index in [0.29, 0.717) is 5.58 Å². The minimum absolute atomic E-state index is 0.331. The first-order chi connectivity index (χ1) is 12.6. The zero-order valence-corrected chi connectivity index (χ0v) is 15.0. The molecule has 0 saturated carbocycles. The van der Waals surface area contributed by atoms with Crippen LogP contribution in [0.25, 0.3) is 33.2 Å². The predicted molar refractivity (Wildman–Crippen MR) is 105 cm³/mol. The summed E-state index contributed by atoms with van der Waals surface area (Å²) in [6.07, 6.45) is 3.69. The molecule has 2 heterocycles. The van der Waals surface area contributed by atoms with Crippen LogP contribution in [0.1, 0.15) is 16.7 Å². The zero-order chi connectivity index (χ0) is 18.3. The SMILES string of the molecule is Cc1cnccc1-c1c(C)cc2oc(=O)cc(-c3ccccc3)c2c1C. The van der Waals surface area contributed by atoms with Crippen molar-refractivity contribution in [3.05, 3.63) is 88.0 Å². The summed E-state index contributed by atoms with van der Waals surface area (Å²) in [6, 6.07) is 15.6. The lowest BCUT2D eigenvalue weighted by Gasteiger charge is -2.16. The highest BCUT2D eigenvalue weighted by Crippen LogP contribution is 2.38. The van der Waals surface area contributed by atoms with Gasteiger partial charge in [-0.2, -0.15) is 0 Å². The smallest absolute Gasteiger partial charge is 0.336 e. The fourth-order valence-electron chi connectivity index (χ4n) is 3.70. The van der Waals surface area contributed by atoms with Gasteiger partial charge in [0.1, 0.15) is 5.58 Å². The third-order valence-corrected chi connectivity index (χ3v) is 4.85. The summed E-state index contributed by atoms with van der Waals surface area (Å²) in [6.45, 7) is 6.21. The predicted octanol–water partition coefficient (Wildman–Crippen LogP) is 5.45. The van der Waals surface area contributed by atoms with Crippen LogP contribution in [0.3, 0.4) is 0 Å². The van der Waals surface area contributed by atoms with Gasteiger partial charge in [-0.15, -0.1) is 0 Å². The standard InChI is InChI=1S/C23H19NO2/c1-14-11-20-23(16(3)22(14)18-9-10-24-13-15(18)2)19(12-21(25)26-20)17-7-5-4-6-8-17/h4-13H,1-3H3. The second-order valence-corrected chi connectivity index (χ2v) is 6.60. The summed E-state index contributed by atoms with van der Waals surface area (Å²) >= 11 is 0. The van der Waals surface area contributed by atoms with Crippen molar-refractivity contribution >= 4 is 11.0 Å². The Morgan fingerprint density at radius 1 is 0.885 bits per heavy atom. The molecule has 3 heteroatoms. The molecule has 0 bridgehead atoms. The molecule has 0 unspecified atom stereocenters. The van der Waals surface area contributed by atoms with Gasteiger partial charge in [0.2, 0.25) is 0 Å². The average molecular weight is 341 g/mol. The minimum atomic E-state index is -0.331. The molecule has 4 rings (SSSR count). The highest BCUT2D eigenvalue weighted by molar-refractivity contribution is 6.00. The molecule has 2 aromatic carbocycles. The van der Waals surface area contributed by atoms with Crippen LogP contribution in [0.5, 0.6) is 0 Å². The summed E-state index contributed by atoms with van der Waals surface area (Å²) in [5.74, 6) is 0. The summed E-state index contributed by atoms with van der Waals surface area (Å²) in [5.41, 5.74) is 7.85. The molecule has 3 nitrogen and oxygen atoms in total. The molecule has 26 heavy (non-hydrogen) atoms. The first kappa shape index (κ1) is 16.3. The van der Waals surface area contributed by atoms with Crippen LogP contribution in [-0.4, -0.2) is 4.98 Å². The number of fused-ring (bicyclic) bond motifs is 1. The Balaban J connectivity index is 2.14. The number of nitrogens with zero attached hydrogens (tertiary/aromatic N) is 1. The third-order valence-electron chi connectivity index (χ3n) is 4.85. The second-order valence-electron chi connectivity index (χ2n) is 6.60. The lowest BCUT2D eigenvalue weighted by Crippen LogP contribution is -2.01. The maximum atomic E-state index is 12.1. The number of aromatic nitrogens is 1. The van der Waals surface area contributed by atoms with Crippen molar-refractivity contribution < 1.29 is 4.42 Å². The number of hydrogen-bond donors (Lipinski definition) is 0. The summed E-state index contributed by atoms with van der Waals surface area (Å²) in [5, 5.41) is 0.979. The van der Waals surface area contributed by atoms with Crippen LogP contribution in [0, 0.1) is 20.8 Å². The van der Waals surface area contributed by atoms with Crippen LogP contribution in [-0.2, 0) is 0 Å². The Kier molecular flexibility index (Phi) is 3.92. The van der Waals surface area contributed by atoms with Crippen molar-refractivity contribution in [2.45, 2.75) is 20.8 Å². The molecule has 2 aromatic heterocycles. The van der Waals surface area contributed by atoms with Gasteiger partial charge >= 0.3 is 5.63 Å². The summed E-state index contributed by atoms with van der Waals surface area (Å²) in [4.78, 5) is 16.3. The Labute approximate surface area is 152 Å². The molecule has 0 amide bonds. The van der Waals surface area contributed by atoms with Crippen molar-refractivity contribution in [1.29, 1.82) is 0 Å². The van der Waals surface area contributed by atoms with E-state index in [9.17, 15) is 4.79 Å². The molecule has 0 aliphatic rings. The van der Waals surface area contributed by atoms with Gasteiger partial charge < -0.3 is 4.42 Å². The molecule has 0 radical (unpaired) electrons. The lowest BCUT2D eigenvalue weighted by atomic mass is 9.89. The average Bonchev–Trinajstić information content (AvgIpc) is 2.63. The zero-order valence-electron chi connectivity index (χ0n) is 15.0. The van der Waals surface area contributed by atoms with Crippen molar-refractivity contribution in [2.24, 2.45) is 0 Å². The highest BCUT2D eigenvalue weighted by Gasteiger charge is 2.17. The molecule has 128 valence electrons. The van der Waals surface area contributed by atoms with Gasteiger partial charge in [0.25, 0.3) is 0 Å². The first-order valence-corrected chi connectivity index (χ1v) is 8.60. The van der Waals surface area contributed by atoms with Crippen LogP contribution in [0.4, 0.5) is 0 Å². The summed E-state index contributed by atoms with van der Waals surface area (Å²) < 4.78 is 5.54. The van der Waals surface area contributed by atoms with Crippen molar-refractivity contribution in [1.82, 2.24) is 4.98 Å². The van der Waals surface area contributed by atoms with Crippen LogP contribution < -0.4 is 5.63 Å². The van der Waals surface area contributed by atoms with Crippen LogP contribution in [0.2, 0.25) is 0 Å². The van der Waals surface area contributed by atoms with Gasteiger partial charge in [-0.3, -0.25) is 4.98 Å². The van der Waals surface area contributed by atoms with Gasteiger partial charge in [-0.1, -0.05) is 30.3 Å². The molecule has 0 N–H and O–H groups in total. The van der Waals surface area contributed by atoms with E-state index in [1.807, 2.05) is 54.9 Å². The largest absolute Gasteiger partial charge is 0.423 e. The Bertz CT molecular complexity index is 1170. The maximum absolute atomic E-state index is 12.1. The fraction of sp³-hybridized carbons (Fsp3) is 0.130. The molecule has 0 atom stereocenters. The van der Waals surface area contributed by atoms with Gasteiger partial charge in [0.05, 0.1) is 0 Å². The van der Waals surface area contributed by atoms with E-state index in [0.717, 1.165) is 38.8 Å². The molecule has 0 aliphatic carbocycles. The van der Waals surface area contributed by atoms with Crippen LogP contribution in [0.15, 0.2) is 70.1 Å². The lowest BCUT2D eigenvalue weighted by molar-refractivity contribution is 0.561. The molecular weight excluding hydrogens is 322 g/mol. The number of pyridine rings is 1. The highest BCUT2D eigenvalue weighted by atomic mass is 16.4. The molecule has 0 fully saturated rings. The van der Waals surface area contributed by atoms with E-state index >= 15 is 0 Å². The number of benzene rings is 2. The van der Waals surface area contributed by atoms with Crippen molar-refractivity contribution in [3.8, 4) is 22.3 Å². The number of hydrogen-bond acceptors (Lipinski definition) is 3. The number of rotatable bonds is 2. The number of aryl methyl sites for hydroxylation is 3. The van der Waals surface area contributed by atoms with Gasteiger partial charge in [-0.05, 0) is 66.3 Å². The van der Waals surface area contributed by atoms with E-state index in [2.05, 4.69) is 25.8 Å². The third kappa shape index (κ3) is 2.62. The van der Waals surface area contributed by atoms with E-state index in [1.54, 1.807) is 6.07 Å². The molecule has 4 aromatic rings. The van der Waals surface area contributed by atoms with Gasteiger partial charge in [0.15, 0.2) is 0 Å². The topological polar surface area (TPSA) is 43.1 Å². The van der Waals surface area contributed by atoms with Crippen molar-refractivity contribution in [2.75, 3.05) is 0 Å². The van der Waals surface area contributed by atoms with E-state index in [4.69, 9.17) is 4.42 Å². The van der Waals surface area contributed by atoms with Gasteiger partial charge in [-0.25, -0.2) is 4.79 Å². The normalized spacial score (nSPS) is 11.0. The molecule has 0 spiro atoms. The monoisotopic (exact) mass is 341 g/mol. The fourth-order valence-corrected chi connectivity index (χ4v) is 3.70. The Morgan fingerprint density at radius 2 is 1.65 bits per heavy atom. The maximum Gasteiger partial charge on any atom is 0.336 e. The Morgan fingerprint density at radius 3 is 2.38 bits per heavy atom. The summed E-state index contributed by atoms with van der Waals surface area (Å²) in [7, 11) is 0. The Hall–Kier alpha value is -3.20. The molecule has 0 aliphatic heterocycles. The second kappa shape index (κ2) is 6.26. The molecule has 0 saturated heterocycles. The minimum Gasteiger partial charge on any atom is -0.423 e. The van der Waals surface area contributed by atoms with Crippen LogP contribution >= 0.6 is 0 Å². The first-order valence-electron chi connectivity index (χ1n) is 8.60. The van der Waals surface area contributed by atoms with E-state index in [1.165, 1.54) is 5.56 Å². The quantitative estimate of drug-likeness (QED) is 0.456. The van der Waals surface area contributed by atoms with E-state index < -0.39 is 0 Å². The van der Waals surface area contributed by atoms with Crippen molar-refractivity contribution in [3.63, 3.8) is 0 Å².